The minimum Gasteiger partial charge on any atom is -0.375 e. The minimum absolute atomic E-state index is 0. The van der Waals surface area contributed by atoms with Gasteiger partial charge in [0.15, 0.2) is 5.13 Å². The van der Waals surface area contributed by atoms with E-state index < -0.39 is 0 Å². The van der Waals surface area contributed by atoms with Gasteiger partial charge in [0.2, 0.25) is 0 Å². The maximum atomic E-state index is 12.9. The van der Waals surface area contributed by atoms with E-state index in [1.54, 1.807) is 12.1 Å². The van der Waals surface area contributed by atoms with E-state index >= 15 is 0 Å². The zero-order valence-electron chi connectivity index (χ0n) is 5.95. The van der Waals surface area contributed by atoms with Crippen LogP contribution in [-0.4, -0.2) is 4.98 Å². The largest absolute Gasteiger partial charge is 0.375 e. The number of nitrogens with zero attached hydrogens (tertiary/aromatic N) is 1. The molecule has 0 spiro atoms. The first-order valence-corrected chi connectivity index (χ1v) is 3.89. The van der Waals surface area contributed by atoms with E-state index in [1.807, 2.05) is 0 Å². The summed E-state index contributed by atoms with van der Waals surface area (Å²) in [5.41, 5.74) is 5.77. The topological polar surface area (TPSA) is 38.9 Å². The molecular weight excluding hydrogens is 243 g/mol. The Kier molecular flexibility index (Phi) is 2.64. The van der Waals surface area contributed by atoms with Gasteiger partial charge in [-0.1, -0.05) is 17.4 Å². The van der Waals surface area contributed by atoms with E-state index in [9.17, 15) is 4.39 Å². The Balaban J connectivity index is 0.000000720. The summed E-state index contributed by atoms with van der Waals surface area (Å²) in [5, 5.41) is 0.408. The van der Waals surface area contributed by atoms with Crippen molar-refractivity contribution in [3.05, 3.63) is 24.0 Å². The van der Waals surface area contributed by atoms with Crippen molar-refractivity contribution < 1.29 is 5.82 Å². The molecule has 2 rings (SSSR count). The van der Waals surface area contributed by atoms with Crippen LogP contribution in [0, 0.1) is 5.82 Å². The van der Waals surface area contributed by atoms with E-state index in [4.69, 9.17) is 5.73 Å². The first-order chi connectivity index (χ1) is 5.27. The molecule has 0 fully saturated rings. The van der Waals surface area contributed by atoms with Crippen LogP contribution in [0.3, 0.4) is 0 Å². The van der Waals surface area contributed by atoms with Gasteiger partial charge in [0.25, 0.3) is 0 Å². The van der Waals surface area contributed by atoms with Gasteiger partial charge in [0, 0.05) is 1.43 Å². The smallest absolute Gasteiger partial charge is 0.181 e. The van der Waals surface area contributed by atoms with E-state index in [1.165, 1.54) is 17.4 Å². The lowest BCUT2D eigenvalue weighted by atomic mass is 10.3. The van der Waals surface area contributed by atoms with Gasteiger partial charge in [-0.2, -0.15) is 0 Å². The van der Waals surface area contributed by atoms with Crippen molar-refractivity contribution in [2.75, 3.05) is 5.73 Å². The van der Waals surface area contributed by atoms with E-state index in [0.717, 1.165) is 4.70 Å². The number of anilines is 1. The third kappa shape index (κ3) is 1.42. The number of halogens is 2. The monoisotopic (exact) mass is 250 g/mol. The summed E-state index contributed by atoms with van der Waals surface area (Å²) in [5.74, 6) is -0.310. The van der Waals surface area contributed by atoms with Crippen LogP contribution in [0.4, 0.5) is 9.52 Å². The number of para-hydroxylation sites is 1. The van der Waals surface area contributed by atoms with Crippen molar-refractivity contribution >= 4 is 43.7 Å². The van der Waals surface area contributed by atoms with E-state index in [-0.39, 0.29) is 24.2 Å². The molecular formula is C7H8BrFN2S. The number of nitrogen functional groups attached to an aromatic ring is 1. The normalized spacial score (nSPS) is 9.75. The summed E-state index contributed by atoms with van der Waals surface area (Å²) in [4.78, 5) is 3.83. The Morgan fingerprint density at radius 1 is 1.50 bits per heavy atom. The molecule has 12 heavy (non-hydrogen) atoms. The van der Waals surface area contributed by atoms with Crippen LogP contribution in [0.1, 0.15) is 1.43 Å². The average molecular weight is 251 g/mol. The highest BCUT2D eigenvalue weighted by atomic mass is 79.9. The van der Waals surface area contributed by atoms with Crippen LogP contribution in [-0.2, 0) is 0 Å². The molecule has 1 aromatic carbocycles. The number of nitrogens with two attached hydrogens (primary N) is 1. The fourth-order valence-electron chi connectivity index (χ4n) is 0.932. The van der Waals surface area contributed by atoms with Crippen molar-refractivity contribution in [2.45, 2.75) is 0 Å². The fourth-order valence-corrected chi connectivity index (χ4v) is 1.68. The first-order valence-electron chi connectivity index (χ1n) is 3.08. The first kappa shape index (κ1) is 9.41. The van der Waals surface area contributed by atoms with Crippen LogP contribution in [0.15, 0.2) is 18.2 Å². The molecule has 0 amide bonds. The Bertz CT molecular complexity index is 406. The zero-order valence-corrected chi connectivity index (χ0v) is 8.48. The molecule has 1 heterocycles. The number of aromatic nitrogens is 1. The van der Waals surface area contributed by atoms with Crippen LogP contribution in [0.5, 0.6) is 0 Å². The van der Waals surface area contributed by atoms with Crippen LogP contribution < -0.4 is 5.73 Å². The van der Waals surface area contributed by atoms with Crippen LogP contribution in [0.2, 0.25) is 0 Å². The summed E-state index contributed by atoms with van der Waals surface area (Å²) >= 11 is 1.29. The van der Waals surface area contributed by atoms with Crippen molar-refractivity contribution in [3.8, 4) is 0 Å². The van der Waals surface area contributed by atoms with Gasteiger partial charge in [-0.25, -0.2) is 9.37 Å². The number of hydrogen-bond acceptors (Lipinski definition) is 3. The third-order valence-corrected chi connectivity index (χ3v) is 2.24. The molecule has 2 N–H and O–H groups in total. The number of rotatable bonds is 0. The molecule has 2 aromatic rings. The second-order valence-electron chi connectivity index (χ2n) is 2.14. The highest BCUT2D eigenvalue weighted by Crippen LogP contribution is 2.24. The fraction of sp³-hybridized carbons (Fsp3) is 0. The van der Waals surface area contributed by atoms with Crippen molar-refractivity contribution in [1.82, 2.24) is 4.98 Å². The number of fused-ring (bicyclic) bond motifs is 1. The Morgan fingerprint density at radius 2 is 2.25 bits per heavy atom. The van der Waals surface area contributed by atoms with Gasteiger partial charge >= 0.3 is 0 Å². The SMILES string of the molecule is Br.Nc1nc2c(F)cccc2s1.[HH]. The van der Waals surface area contributed by atoms with Gasteiger partial charge in [-0.3, -0.25) is 0 Å². The lowest BCUT2D eigenvalue weighted by molar-refractivity contribution is 0.637. The Labute approximate surface area is 84.5 Å². The number of thiazole rings is 1. The van der Waals surface area contributed by atoms with Crippen molar-refractivity contribution in [3.63, 3.8) is 0 Å². The highest BCUT2D eigenvalue weighted by Gasteiger charge is 2.03. The third-order valence-electron chi connectivity index (χ3n) is 1.39. The molecule has 0 atom stereocenters. The van der Waals surface area contributed by atoms with Crippen molar-refractivity contribution in [2.24, 2.45) is 0 Å². The zero-order chi connectivity index (χ0) is 7.84. The molecule has 0 saturated heterocycles. The van der Waals surface area contributed by atoms with E-state index in [2.05, 4.69) is 4.98 Å². The van der Waals surface area contributed by atoms with Crippen molar-refractivity contribution in [1.29, 1.82) is 0 Å². The predicted molar refractivity (Wildman–Crippen MR) is 56.4 cm³/mol. The summed E-state index contributed by atoms with van der Waals surface area (Å²) in [6.45, 7) is 0. The molecule has 0 aliphatic heterocycles. The maximum Gasteiger partial charge on any atom is 0.181 e. The molecule has 0 aliphatic carbocycles. The molecule has 0 unspecified atom stereocenters. The highest BCUT2D eigenvalue weighted by molar-refractivity contribution is 8.93. The molecule has 2 nitrogen and oxygen atoms in total. The van der Waals surface area contributed by atoms with Gasteiger partial charge < -0.3 is 5.73 Å². The second-order valence-corrected chi connectivity index (χ2v) is 3.20. The molecule has 66 valence electrons. The van der Waals surface area contributed by atoms with Gasteiger partial charge in [-0.05, 0) is 12.1 Å². The lowest BCUT2D eigenvalue weighted by Crippen LogP contribution is -1.81. The summed E-state index contributed by atoms with van der Waals surface area (Å²) in [6.07, 6.45) is 0. The molecule has 0 radical (unpaired) electrons. The van der Waals surface area contributed by atoms with Crippen LogP contribution >= 0.6 is 28.3 Å². The summed E-state index contributed by atoms with van der Waals surface area (Å²) < 4.78 is 13.7. The Morgan fingerprint density at radius 3 is 2.92 bits per heavy atom. The summed E-state index contributed by atoms with van der Waals surface area (Å²) in [6, 6.07) is 4.82. The molecule has 1 aromatic heterocycles. The second kappa shape index (κ2) is 3.37. The van der Waals surface area contributed by atoms with Gasteiger partial charge in [-0.15, -0.1) is 17.0 Å². The average Bonchev–Trinajstić information content (AvgIpc) is 2.31. The summed E-state index contributed by atoms with van der Waals surface area (Å²) in [7, 11) is 0. The molecule has 0 saturated carbocycles. The number of hydrogen-bond donors (Lipinski definition) is 1. The standard InChI is InChI=1S/C7H5FN2S.BrH.H2/c8-4-2-1-3-5-6(4)10-7(9)11-5;;/h1-3H,(H2,9,10);2*1H. The number of benzene rings is 1. The molecule has 5 heteroatoms. The van der Waals surface area contributed by atoms with Crippen LogP contribution in [0.25, 0.3) is 10.2 Å². The Hall–Kier alpha value is -0.680. The van der Waals surface area contributed by atoms with E-state index in [0.29, 0.717) is 10.6 Å². The van der Waals surface area contributed by atoms with Gasteiger partial charge in [0.1, 0.15) is 11.3 Å². The predicted octanol–water partition coefficient (Wildman–Crippen LogP) is 2.84. The molecule has 0 bridgehead atoms. The lowest BCUT2D eigenvalue weighted by Gasteiger charge is -1.86. The molecule has 0 aliphatic rings. The minimum atomic E-state index is -0.310. The maximum absolute atomic E-state index is 12.9. The quantitative estimate of drug-likeness (QED) is 0.781. The van der Waals surface area contributed by atoms with Gasteiger partial charge in [0.05, 0.1) is 4.70 Å².